The van der Waals surface area contributed by atoms with Crippen molar-refractivity contribution >= 4 is 11.3 Å². The first-order valence-electron chi connectivity index (χ1n) is 6.01. The van der Waals surface area contributed by atoms with Crippen LogP contribution in [0.2, 0.25) is 0 Å². The standard InChI is InChI=1S/C12H21N3S/c1-9(2)12-14-7-11(16-12)6-13-10-4-5-15(3)8-10/h7,9-10,13H,4-6,8H2,1-3H3. The fourth-order valence-electron chi connectivity index (χ4n) is 2.02. The Balaban J connectivity index is 1.80. The second-order valence-corrected chi connectivity index (χ2v) is 6.10. The summed E-state index contributed by atoms with van der Waals surface area (Å²) in [5.74, 6) is 0.552. The van der Waals surface area contributed by atoms with Gasteiger partial charge in [0.15, 0.2) is 0 Å². The van der Waals surface area contributed by atoms with Crippen LogP contribution in [0, 0.1) is 0 Å². The Hall–Kier alpha value is -0.450. The van der Waals surface area contributed by atoms with E-state index in [1.165, 1.54) is 29.4 Å². The zero-order chi connectivity index (χ0) is 11.5. The highest BCUT2D eigenvalue weighted by molar-refractivity contribution is 7.11. The molecule has 1 atom stereocenters. The normalized spacial score (nSPS) is 22.1. The maximum atomic E-state index is 4.44. The van der Waals surface area contributed by atoms with Crippen LogP contribution in [0.4, 0.5) is 0 Å². The summed E-state index contributed by atoms with van der Waals surface area (Å²) in [4.78, 5) is 8.18. The summed E-state index contributed by atoms with van der Waals surface area (Å²) in [7, 11) is 2.19. The van der Waals surface area contributed by atoms with Crippen LogP contribution in [-0.2, 0) is 6.54 Å². The molecule has 0 aliphatic carbocycles. The predicted molar refractivity (Wildman–Crippen MR) is 68.9 cm³/mol. The predicted octanol–water partition coefficient (Wildman–Crippen LogP) is 2.06. The van der Waals surface area contributed by atoms with Gasteiger partial charge in [0.25, 0.3) is 0 Å². The van der Waals surface area contributed by atoms with Crippen molar-refractivity contribution < 1.29 is 0 Å². The summed E-state index contributed by atoms with van der Waals surface area (Å²) >= 11 is 1.84. The van der Waals surface area contributed by atoms with Crippen molar-refractivity contribution in [1.29, 1.82) is 0 Å². The SMILES string of the molecule is CC(C)c1ncc(CNC2CCN(C)C2)s1. The molecule has 0 amide bonds. The molecule has 1 aliphatic rings. The molecule has 0 bridgehead atoms. The van der Waals surface area contributed by atoms with Crippen LogP contribution in [-0.4, -0.2) is 36.1 Å². The molecule has 0 spiro atoms. The van der Waals surface area contributed by atoms with E-state index in [4.69, 9.17) is 0 Å². The zero-order valence-corrected chi connectivity index (χ0v) is 11.2. The molecule has 2 heterocycles. The number of likely N-dealkylation sites (N-methyl/N-ethyl adjacent to an activating group) is 1. The summed E-state index contributed by atoms with van der Waals surface area (Å²) in [5.41, 5.74) is 0. The lowest BCUT2D eigenvalue weighted by molar-refractivity contribution is 0.398. The van der Waals surface area contributed by atoms with Crippen molar-refractivity contribution in [2.75, 3.05) is 20.1 Å². The number of nitrogens with one attached hydrogen (secondary N) is 1. The van der Waals surface area contributed by atoms with Gasteiger partial charge in [0.05, 0.1) is 5.01 Å². The van der Waals surface area contributed by atoms with Crippen LogP contribution in [0.1, 0.15) is 36.1 Å². The van der Waals surface area contributed by atoms with Gasteiger partial charge in [-0.2, -0.15) is 0 Å². The van der Waals surface area contributed by atoms with Gasteiger partial charge in [-0.3, -0.25) is 0 Å². The number of rotatable bonds is 4. The van der Waals surface area contributed by atoms with Crippen LogP contribution in [0.15, 0.2) is 6.20 Å². The molecule has 16 heavy (non-hydrogen) atoms. The second-order valence-electron chi connectivity index (χ2n) is 4.95. The number of likely N-dealkylation sites (tertiary alicyclic amines) is 1. The van der Waals surface area contributed by atoms with Crippen molar-refractivity contribution in [3.8, 4) is 0 Å². The van der Waals surface area contributed by atoms with E-state index >= 15 is 0 Å². The lowest BCUT2D eigenvalue weighted by atomic mass is 10.2. The van der Waals surface area contributed by atoms with Crippen LogP contribution in [0.3, 0.4) is 0 Å². The number of aromatic nitrogens is 1. The fraction of sp³-hybridized carbons (Fsp3) is 0.750. The van der Waals surface area contributed by atoms with Gasteiger partial charge in [-0.1, -0.05) is 13.8 Å². The van der Waals surface area contributed by atoms with Crippen LogP contribution >= 0.6 is 11.3 Å². The van der Waals surface area contributed by atoms with E-state index in [0.29, 0.717) is 12.0 Å². The van der Waals surface area contributed by atoms with E-state index in [0.717, 1.165) is 6.54 Å². The third-order valence-corrected chi connectivity index (χ3v) is 4.32. The maximum absolute atomic E-state index is 4.44. The molecular formula is C12H21N3S. The third kappa shape index (κ3) is 3.03. The number of thiazole rings is 1. The van der Waals surface area contributed by atoms with Crippen LogP contribution in [0.25, 0.3) is 0 Å². The molecule has 1 saturated heterocycles. The highest BCUT2D eigenvalue weighted by atomic mass is 32.1. The van der Waals surface area contributed by atoms with Gasteiger partial charge in [-0.25, -0.2) is 4.98 Å². The molecule has 90 valence electrons. The smallest absolute Gasteiger partial charge is 0.0953 e. The quantitative estimate of drug-likeness (QED) is 0.872. The first-order chi connectivity index (χ1) is 7.65. The average Bonchev–Trinajstić information content (AvgIpc) is 2.83. The van der Waals surface area contributed by atoms with Gasteiger partial charge in [0.1, 0.15) is 0 Å². The first-order valence-corrected chi connectivity index (χ1v) is 6.83. The maximum Gasteiger partial charge on any atom is 0.0953 e. The fourth-order valence-corrected chi connectivity index (χ4v) is 2.89. The summed E-state index contributed by atoms with van der Waals surface area (Å²) in [5, 5.41) is 4.86. The van der Waals surface area contributed by atoms with Crippen molar-refractivity contribution in [2.45, 2.75) is 38.8 Å². The molecule has 0 radical (unpaired) electrons. The molecule has 1 aromatic rings. The molecule has 1 N–H and O–H groups in total. The molecule has 1 fully saturated rings. The van der Waals surface area contributed by atoms with E-state index in [1.54, 1.807) is 0 Å². The second kappa shape index (κ2) is 5.25. The van der Waals surface area contributed by atoms with Gasteiger partial charge in [-0.05, 0) is 20.0 Å². The summed E-state index contributed by atoms with van der Waals surface area (Å²) in [6.45, 7) is 7.76. The monoisotopic (exact) mass is 239 g/mol. The van der Waals surface area contributed by atoms with Gasteiger partial charge < -0.3 is 10.2 Å². The first kappa shape index (κ1) is 12.0. The molecule has 4 heteroatoms. The molecule has 3 nitrogen and oxygen atoms in total. The average molecular weight is 239 g/mol. The van der Waals surface area contributed by atoms with E-state index in [-0.39, 0.29) is 0 Å². The van der Waals surface area contributed by atoms with E-state index in [2.05, 4.69) is 36.1 Å². The highest BCUT2D eigenvalue weighted by Crippen LogP contribution is 2.21. The van der Waals surface area contributed by atoms with Gasteiger partial charge in [0.2, 0.25) is 0 Å². The minimum atomic E-state index is 0.552. The lowest BCUT2D eigenvalue weighted by Crippen LogP contribution is -2.30. The van der Waals surface area contributed by atoms with Crippen molar-refractivity contribution in [1.82, 2.24) is 15.2 Å². The molecule has 1 unspecified atom stereocenters. The topological polar surface area (TPSA) is 28.2 Å². The van der Waals surface area contributed by atoms with Crippen LogP contribution < -0.4 is 5.32 Å². The van der Waals surface area contributed by atoms with Gasteiger partial charge in [-0.15, -0.1) is 11.3 Å². The molecule has 1 aliphatic heterocycles. The highest BCUT2D eigenvalue weighted by Gasteiger charge is 2.18. The largest absolute Gasteiger partial charge is 0.308 e. The number of nitrogens with zero attached hydrogens (tertiary/aromatic N) is 2. The van der Waals surface area contributed by atoms with Crippen LogP contribution in [0.5, 0.6) is 0 Å². The Morgan fingerprint density at radius 2 is 2.44 bits per heavy atom. The van der Waals surface area contributed by atoms with Crippen molar-refractivity contribution in [3.05, 3.63) is 16.1 Å². The molecule has 1 aromatic heterocycles. The lowest BCUT2D eigenvalue weighted by Gasteiger charge is -2.11. The van der Waals surface area contributed by atoms with Crippen molar-refractivity contribution in [3.63, 3.8) is 0 Å². The molecule has 0 aromatic carbocycles. The number of hydrogen-bond acceptors (Lipinski definition) is 4. The van der Waals surface area contributed by atoms with Crippen molar-refractivity contribution in [2.24, 2.45) is 0 Å². The minimum Gasteiger partial charge on any atom is -0.308 e. The van der Waals surface area contributed by atoms with E-state index in [1.807, 2.05) is 17.5 Å². The molecule has 0 saturated carbocycles. The third-order valence-electron chi connectivity index (χ3n) is 3.02. The van der Waals surface area contributed by atoms with E-state index in [9.17, 15) is 0 Å². The Bertz CT molecular complexity index is 335. The van der Waals surface area contributed by atoms with Gasteiger partial charge in [0, 0.05) is 36.1 Å². The summed E-state index contributed by atoms with van der Waals surface area (Å²) < 4.78 is 0. The Morgan fingerprint density at radius 3 is 3.00 bits per heavy atom. The zero-order valence-electron chi connectivity index (χ0n) is 10.4. The Morgan fingerprint density at radius 1 is 1.62 bits per heavy atom. The van der Waals surface area contributed by atoms with Gasteiger partial charge >= 0.3 is 0 Å². The summed E-state index contributed by atoms with van der Waals surface area (Å²) in [6, 6.07) is 0.662. The Labute approximate surface area is 102 Å². The number of hydrogen-bond donors (Lipinski definition) is 1. The Kier molecular flexibility index (Phi) is 3.95. The minimum absolute atomic E-state index is 0.552. The van der Waals surface area contributed by atoms with E-state index < -0.39 is 0 Å². The summed E-state index contributed by atoms with van der Waals surface area (Å²) in [6.07, 6.45) is 3.29. The molecular weight excluding hydrogens is 218 g/mol. The molecule has 2 rings (SSSR count).